The number of aryl methyl sites for hydroxylation is 2. The highest BCUT2D eigenvalue weighted by Gasteiger charge is 2.27. The van der Waals surface area contributed by atoms with Gasteiger partial charge in [-0.25, -0.2) is 13.1 Å². The standard InChI is InChI=1S/C22H28N2O5S/c1-16-3-11-20(21(15-16)29-14-13-28-2)23-22(25)12-6-17-4-9-19(10-5-17)30(26,27)24-18-7-8-18/h3-5,9-11,15,18,24H,6-8,12-14H2,1-2H3,(H,23,25). The highest BCUT2D eigenvalue weighted by atomic mass is 32.2. The van der Waals surface area contributed by atoms with Gasteiger partial charge in [-0.1, -0.05) is 18.2 Å². The SMILES string of the molecule is COCCOc1cc(C)ccc1NC(=O)CCc1ccc(S(=O)(=O)NC2CC2)cc1. The number of hydrogen-bond acceptors (Lipinski definition) is 5. The molecule has 0 aromatic heterocycles. The largest absolute Gasteiger partial charge is 0.489 e. The topological polar surface area (TPSA) is 93.7 Å². The first kappa shape index (κ1) is 22.3. The minimum absolute atomic E-state index is 0.0727. The third-order valence-electron chi connectivity index (χ3n) is 4.73. The number of rotatable bonds is 11. The molecule has 30 heavy (non-hydrogen) atoms. The molecule has 1 amide bonds. The molecule has 0 aliphatic heterocycles. The molecule has 2 N–H and O–H groups in total. The van der Waals surface area contributed by atoms with Crippen molar-refractivity contribution >= 4 is 21.6 Å². The molecule has 2 aromatic rings. The molecule has 1 saturated carbocycles. The maximum atomic E-state index is 12.4. The molecular formula is C22H28N2O5S. The molecule has 1 aliphatic rings. The van der Waals surface area contributed by atoms with Crippen LogP contribution in [0, 0.1) is 6.92 Å². The zero-order chi connectivity index (χ0) is 21.6. The van der Waals surface area contributed by atoms with Gasteiger partial charge >= 0.3 is 0 Å². The van der Waals surface area contributed by atoms with Crippen molar-refractivity contribution in [2.75, 3.05) is 25.6 Å². The summed E-state index contributed by atoms with van der Waals surface area (Å²) >= 11 is 0. The second kappa shape index (κ2) is 10.1. The second-order valence-corrected chi connectivity index (χ2v) is 9.14. The summed E-state index contributed by atoms with van der Waals surface area (Å²) in [6.45, 7) is 2.82. The fourth-order valence-corrected chi connectivity index (χ4v) is 4.19. The number of benzene rings is 2. The summed E-state index contributed by atoms with van der Waals surface area (Å²) in [4.78, 5) is 12.7. The summed E-state index contributed by atoms with van der Waals surface area (Å²) in [5.41, 5.74) is 2.55. The van der Waals surface area contributed by atoms with Gasteiger partial charge in [0.25, 0.3) is 0 Å². The van der Waals surface area contributed by atoms with Crippen molar-refractivity contribution < 1.29 is 22.7 Å². The van der Waals surface area contributed by atoms with Crippen LogP contribution in [-0.2, 0) is 26.0 Å². The Labute approximate surface area is 177 Å². The van der Waals surface area contributed by atoms with E-state index >= 15 is 0 Å². The van der Waals surface area contributed by atoms with E-state index in [2.05, 4.69) is 10.0 Å². The number of hydrogen-bond donors (Lipinski definition) is 2. The van der Waals surface area contributed by atoms with E-state index in [4.69, 9.17) is 9.47 Å². The Morgan fingerprint density at radius 2 is 1.83 bits per heavy atom. The van der Waals surface area contributed by atoms with Gasteiger partial charge < -0.3 is 14.8 Å². The molecule has 1 fully saturated rings. The van der Waals surface area contributed by atoms with Crippen LogP contribution in [-0.4, -0.2) is 40.7 Å². The van der Waals surface area contributed by atoms with Crippen molar-refractivity contribution in [2.24, 2.45) is 0 Å². The number of sulfonamides is 1. The van der Waals surface area contributed by atoms with Crippen molar-refractivity contribution in [1.82, 2.24) is 4.72 Å². The highest BCUT2D eigenvalue weighted by Crippen LogP contribution is 2.26. The van der Waals surface area contributed by atoms with Crippen LogP contribution in [0.5, 0.6) is 5.75 Å². The van der Waals surface area contributed by atoms with Crippen molar-refractivity contribution in [3.05, 3.63) is 53.6 Å². The third kappa shape index (κ3) is 6.55. The number of anilines is 1. The van der Waals surface area contributed by atoms with Gasteiger partial charge in [-0.15, -0.1) is 0 Å². The predicted octanol–water partition coefficient (Wildman–Crippen LogP) is 3.03. The lowest BCUT2D eigenvalue weighted by Crippen LogP contribution is -2.25. The van der Waals surface area contributed by atoms with Gasteiger partial charge in [0.1, 0.15) is 12.4 Å². The van der Waals surface area contributed by atoms with Gasteiger partial charge in [0, 0.05) is 19.6 Å². The number of methoxy groups -OCH3 is 1. The van der Waals surface area contributed by atoms with E-state index in [1.54, 1.807) is 31.4 Å². The van der Waals surface area contributed by atoms with E-state index < -0.39 is 10.0 Å². The Morgan fingerprint density at radius 3 is 2.50 bits per heavy atom. The molecule has 0 bridgehead atoms. The van der Waals surface area contributed by atoms with Crippen molar-refractivity contribution in [3.63, 3.8) is 0 Å². The van der Waals surface area contributed by atoms with Gasteiger partial charge in [-0.3, -0.25) is 4.79 Å². The highest BCUT2D eigenvalue weighted by molar-refractivity contribution is 7.89. The molecule has 0 saturated heterocycles. The summed E-state index contributed by atoms with van der Waals surface area (Å²) in [7, 11) is -1.85. The summed E-state index contributed by atoms with van der Waals surface area (Å²) in [6.07, 6.45) is 2.57. The zero-order valence-electron chi connectivity index (χ0n) is 17.3. The number of carbonyl (C=O) groups excluding carboxylic acids is 1. The smallest absolute Gasteiger partial charge is 0.240 e. The minimum atomic E-state index is -3.46. The normalized spacial score (nSPS) is 13.8. The molecule has 0 spiro atoms. The third-order valence-corrected chi connectivity index (χ3v) is 6.27. The average Bonchev–Trinajstić information content (AvgIpc) is 3.52. The van der Waals surface area contributed by atoms with Crippen LogP contribution in [0.3, 0.4) is 0 Å². The molecule has 3 rings (SSSR count). The van der Waals surface area contributed by atoms with Crippen molar-refractivity contribution in [2.45, 2.75) is 43.5 Å². The van der Waals surface area contributed by atoms with Gasteiger partial charge in [0.2, 0.25) is 15.9 Å². The lowest BCUT2D eigenvalue weighted by Gasteiger charge is -2.13. The Balaban J connectivity index is 1.54. The van der Waals surface area contributed by atoms with Gasteiger partial charge in [-0.05, 0) is 61.6 Å². The van der Waals surface area contributed by atoms with E-state index in [1.807, 2.05) is 25.1 Å². The molecule has 0 heterocycles. The van der Waals surface area contributed by atoms with Crippen LogP contribution in [0.4, 0.5) is 5.69 Å². The van der Waals surface area contributed by atoms with Gasteiger partial charge in [0.15, 0.2) is 0 Å². The van der Waals surface area contributed by atoms with E-state index in [1.165, 1.54) is 0 Å². The van der Waals surface area contributed by atoms with Crippen LogP contribution in [0.25, 0.3) is 0 Å². The first-order chi connectivity index (χ1) is 14.4. The fourth-order valence-electron chi connectivity index (χ4n) is 2.88. The molecular weight excluding hydrogens is 404 g/mol. The van der Waals surface area contributed by atoms with Gasteiger partial charge in [0.05, 0.1) is 17.2 Å². The predicted molar refractivity (Wildman–Crippen MR) is 115 cm³/mol. The fraction of sp³-hybridized carbons (Fsp3) is 0.409. The maximum Gasteiger partial charge on any atom is 0.240 e. The van der Waals surface area contributed by atoms with E-state index in [9.17, 15) is 13.2 Å². The first-order valence-corrected chi connectivity index (χ1v) is 11.5. The summed E-state index contributed by atoms with van der Waals surface area (Å²) in [5, 5.41) is 2.89. The molecule has 0 unspecified atom stereocenters. The Kier molecular flexibility index (Phi) is 7.47. The quantitative estimate of drug-likeness (QED) is 0.533. The Bertz CT molecular complexity index is 970. The Morgan fingerprint density at radius 1 is 1.10 bits per heavy atom. The Hall–Kier alpha value is -2.42. The summed E-state index contributed by atoms with van der Waals surface area (Å²) < 4.78 is 37.8. The number of nitrogens with one attached hydrogen (secondary N) is 2. The van der Waals surface area contributed by atoms with Crippen molar-refractivity contribution in [1.29, 1.82) is 0 Å². The minimum Gasteiger partial charge on any atom is -0.489 e. The summed E-state index contributed by atoms with van der Waals surface area (Å²) in [6, 6.07) is 12.3. The van der Waals surface area contributed by atoms with E-state index in [0.717, 1.165) is 24.0 Å². The molecule has 162 valence electrons. The first-order valence-electron chi connectivity index (χ1n) is 10.0. The van der Waals surface area contributed by atoms with Crippen LogP contribution in [0.15, 0.2) is 47.4 Å². The second-order valence-electron chi connectivity index (χ2n) is 7.43. The van der Waals surface area contributed by atoms with E-state index in [0.29, 0.717) is 31.1 Å². The van der Waals surface area contributed by atoms with Crippen LogP contribution >= 0.6 is 0 Å². The number of ether oxygens (including phenoxy) is 2. The molecule has 7 nitrogen and oxygen atoms in total. The molecule has 8 heteroatoms. The van der Waals surface area contributed by atoms with Crippen LogP contribution < -0.4 is 14.8 Å². The lowest BCUT2D eigenvalue weighted by molar-refractivity contribution is -0.116. The average molecular weight is 433 g/mol. The van der Waals surface area contributed by atoms with Crippen LogP contribution in [0.2, 0.25) is 0 Å². The molecule has 2 aromatic carbocycles. The monoisotopic (exact) mass is 432 g/mol. The molecule has 0 radical (unpaired) electrons. The number of amides is 1. The van der Waals surface area contributed by atoms with Crippen molar-refractivity contribution in [3.8, 4) is 5.75 Å². The summed E-state index contributed by atoms with van der Waals surface area (Å²) in [5.74, 6) is 0.473. The lowest BCUT2D eigenvalue weighted by atomic mass is 10.1. The number of carbonyl (C=O) groups is 1. The maximum absolute atomic E-state index is 12.4. The molecule has 1 aliphatic carbocycles. The molecule has 0 atom stereocenters. The van der Waals surface area contributed by atoms with Gasteiger partial charge in [-0.2, -0.15) is 0 Å². The van der Waals surface area contributed by atoms with Crippen LogP contribution in [0.1, 0.15) is 30.4 Å². The van der Waals surface area contributed by atoms with E-state index in [-0.39, 0.29) is 23.3 Å². The zero-order valence-corrected chi connectivity index (χ0v) is 18.1.